The van der Waals surface area contributed by atoms with Crippen LogP contribution in [-0.2, 0) is 14.9 Å². The van der Waals surface area contributed by atoms with Crippen molar-refractivity contribution in [2.45, 2.75) is 6.92 Å². The predicted octanol–water partition coefficient (Wildman–Crippen LogP) is 1.05. The first kappa shape index (κ1) is 14.4. The van der Waals surface area contributed by atoms with E-state index < -0.39 is 10.2 Å². The molecule has 0 atom stereocenters. The zero-order chi connectivity index (χ0) is 12.9. The van der Waals surface area contributed by atoms with E-state index in [2.05, 4.69) is 30.4 Å². The second-order valence-corrected chi connectivity index (χ2v) is 5.58. The number of methoxy groups -OCH3 is 1. The van der Waals surface area contributed by atoms with E-state index in [-0.39, 0.29) is 6.54 Å². The number of aryl methyl sites for hydroxylation is 1. The lowest BCUT2D eigenvalue weighted by molar-refractivity contribution is 0.204. The van der Waals surface area contributed by atoms with Crippen molar-refractivity contribution in [3.05, 3.63) is 22.4 Å². The van der Waals surface area contributed by atoms with Gasteiger partial charge >= 0.3 is 0 Å². The lowest BCUT2D eigenvalue weighted by atomic mass is 10.3. The first-order valence-electron chi connectivity index (χ1n) is 4.83. The minimum atomic E-state index is -3.57. The summed E-state index contributed by atoms with van der Waals surface area (Å²) in [5.74, 6) is 0. The van der Waals surface area contributed by atoms with E-state index in [0.717, 1.165) is 5.56 Å². The molecule has 0 aliphatic rings. The van der Waals surface area contributed by atoms with Crippen LogP contribution in [-0.4, -0.2) is 33.7 Å². The van der Waals surface area contributed by atoms with E-state index in [1.54, 1.807) is 6.07 Å². The van der Waals surface area contributed by atoms with E-state index in [4.69, 9.17) is 4.74 Å². The Morgan fingerprint density at radius 1 is 1.53 bits per heavy atom. The second-order valence-electron chi connectivity index (χ2n) is 3.32. The number of ether oxygens (including phenoxy) is 1. The van der Waals surface area contributed by atoms with Gasteiger partial charge in [-0.1, -0.05) is 0 Å². The van der Waals surface area contributed by atoms with Gasteiger partial charge in [0.05, 0.1) is 18.5 Å². The molecule has 17 heavy (non-hydrogen) atoms. The molecule has 6 nitrogen and oxygen atoms in total. The minimum Gasteiger partial charge on any atom is -0.383 e. The molecule has 0 aromatic carbocycles. The molecule has 0 amide bonds. The summed E-state index contributed by atoms with van der Waals surface area (Å²) in [7, 11) is -2.07. The standard InChI is InChI=1S/C9H14BrN3O3S/c1-7-5-8(6-11-9(7)10)13-17(14,15)12-3-4-16-2/h5-6,12-13H,3-4H2,1-2H3. The van der Waals surface area contributed by atoms with Crippen LogP contribution in [0.1, 0.15) is 5.56 Å². The molecule has 0 fully saturated rings. The molecule has 0 saturated heterocycles. The van der Waals surface area contributed by atoms with Gasteiger partial charge in [0.15, 0.2) is 0 Å². The van der Waals surface area contributed by atoms with Crippen LogP contribution < -0.4 is 9.44 Å². The third kappa shape index (κ3) is 4.99. The molecule has 8 heteroatoms. The highest BCUT2D eigenvalue weighted by Gasteiger charge is 2.09. The van der Waals surface area contributed by atoms with Gasteiger partial charge in [-0.3, -0.25) is 4.72 Å². The van der Waals surface area contributed by atoms with Crippen molar-refractivity contribution >= 4 is 31.8 Å². The van der Waals surface area contributed by atoms with Crippen molar-refractivity contribution in [1.29, 1.82) is 0 Å². The van der Waals surface area contributed by atoms with Gasteiger partial charge in [-0.2, -0.15) is 13.1 Å². The maximum atomic E-state index is 11.6. The molecule has 1 aromatic rings. The molecule has 0 spiro atoms. The fourth-order valence-corrected chi connectivity index (χ4v) is 2.15. The van der Waals surface area contributed by atoms with Crippen molar-refractivity contribution in [2.75, 3.05) is 25.0 Å². The normalized spacial score (nSPS) is 11.5. The number of hydrogen-bond acceptors (Lipinski definition) is 4. The summed E-state index contributed by atoms with van der Waals surface area (Å²) in [6, 6.07) is 1.69. The Hall–Kier alpha value is -0.700. The Labute approximate surface area is 109 Å². The highest BCUT2D eigenvalue weighted by molar-refractivity contribution is 9.10. The molecule has 0 aliphatic heterocycles. The lowest BCUT2D eigenvalue weighted by Crippen LogP contribution is -2.32. The third-order valence-electron chi connectivity index (χ3n) is 1.86. The fourth-order valence-electron chi connectivity index (χ4n) is 1.08. The Kier molecular flexibility index (Phi) is 5.31. The van der Waals surface area contributed by atoms with Crippen LogP contribution in [0.25, 0.3) is 0 Å². The summed E-state index contributed by atoms with van der Waals surface area (Å²) in [5.41, 5.74) is 1.26. The molecule has 2 N–H and O–H groups in total. The van der Waals surface area contributed by atoms with Crippen molar-refractivity contribution in [2.24, 2.45) is 0 Å². The van der Waals surface area contributed by atoms with E-state index >= 15 is 0 Å². The summed E-state index contributed by atoms with van der Waals surface area (Å²) in [5, 5.41) is 0. The van der Waals surface area contributed by atoms with Crippen LogP contribution in [0, 0.1) is 6.92 Å². The summed E-state index contributed by atoms with van der Waals surface area (Å²) in [4.78, 5) is 4.00. The number of aromatic nitrogens is 1. The van der Waals surface area contributed by atoms with Gasteiger partial charge in [-0.15, -0.1) is 0 Å². The minimum absolute atomic E-state index is 0.217. The summed E-state index contributed by atoms with van der Waals surface area (Å²) < 4.78 is 33.3. The van der Waals surface area contributed by atoms with Gasteiger partial charge in [0.1, 0.15) is 4.60 Å². The van der Waals surface area contributed by atoms with Gasteiger partial charge < -0.3 is 4.74 Å². The highest BCUT2D eigenvalue weighted by Crippen LogP contribution is 2.17. The second kappa shape index (κ2) is 6.29. The van der Waals surface area contributed by atoms with E-state index in [1.807, 2.05) is 6.92 Å². The lowest BCUT2D eigenvalue weighted by Gasteiger charge is -2.09. The van der Waals surface area contributed by atoms with Gasteiger partial charge in [0.2, 0.25) is 0 Å². The summed E-state index contributed by atoms with van der Waals surface area (Å²) in [6.07, 6.45) is 1.44. The molecular weight excluding hydrogens is 310 g/mol. The summed E-state index contributed by atoms with van der Waals surface area (Å²) in [6.45, 7) is 2.36. The van der Waals surface area contributed by atoms with Crippen LogP contribution in [0.5, 0.6) is 0 Å². The number of nitrogens with zero attached hydrogens (tertiary/aromatic N) is 1. The van der Waals surface area contributed by atoms with Crippen LogP contribution in [0.15, 0.2) is 16.9 Å². The SMILES string of the molecule is COCCNS(=O)(=O)Nc1cnc(Br)c(C)c1. The van der Waals surface area contributed by atoms with Crippen LogP contribution in [0.3, 0.4) is 0 Å². The molecule has 1 rings (SSSR count). The zero-order valence-electron chi connectivity index (χ0n) is 9.53. The van der Waals surface area contributed by atoms with Crippen molar-refractivity contribution in [3.8, 4) is 0 Å². The van der Waals surface area contributed by atoms with Crippen LogP contribution in [0.2, 0.25) is 0 Å². The van der Waals surface area contributed by atoms with Crippen LogP contribution >= 0.6 is 15.9 Å². The van der Waals surface area contributed by atoms with Gasteiger partial charge in [0.25, 0.3) is 10.2 Å². The average molecular weight is 324 g/mol. The van der Waals surface area contributed by atoms with Gasteiger partial charge in [-0.25, -0.2) is 4.98 Å². The molecule has 1 aromatic heterocycles. The molecule has 96 valence electrons. The Balaban J connectivity index is 2.66. The predicted molar refractivity (Wildman–Crippen MR) is 69.1 cm³/mol. The van der Waals surface area contributed by atoms with Crippen molar-refractivity contribution < 1.29 is 13.2 Å². The Morgan fingerprint density at radius 3 is 2.82 bits per heavy atom. The number of nitrogens with one attached hydrogen (secondary N) is 2. The van der Waals surface area contributed by atoms with E-state index in [0.29, 0.717) is 16.9 Å². The van der Waals surface area contributed by atoms with Gasteiger partial charge in [0, 0.05) is 13.7 Å². The number of anilines is 1. The van der Waals surface area contributed by atoms with Crippen molar-refractivity contribution in [1.82, 2.24) is 9.71 Å². The average Bonchev–Trinajstić information content (AvgIpc) is 2.23. The van der Waals surface area contributed by atoms with Crippen molar-refractivity contribution in [3.63, 3.8) is 0 Å². The third-order valence-corrected chi connectivity index (χ3v) is 3.78. The number of rotatable bonds is 6. The van der Waals surface area contributed by atoms with Crippen LogP contribution in [0.4, 0.5) is 5.69 Å². The molecule has 1 heterocycles. The molecule has 0 saturated carbocycles. The molecular formula is C9H14BrN3O3S. The number of hydrogen-bond donors (Lipinski definition) is 2. The Morgan fingerprint density at radius 2 is 2.24 bits per heavy atom. The maximum Gasteiger partial charge on any atom is 0.299 e. The van der Waals surface area contributed by atoms with E-state index in [9.17, 15) is 8.42 Å². The van der Waals surface area contributed by atoms with Gasteiger partial charge in [-0.05, 0) is 34.5 Å². The first-order chi connectivity index (χ1) is 7.94. The molecule has 0 unspecified atom stereocenters. The highest BCUT2D eigenvalue weighted by atomic mass is 79.9. The number of halogens is 1. The monoisotopic (exact) mass is 323 g/mol. The number of pyridine rings is 1. The topological polar surface area (TPSA) is 80.3 Å². The zero-order valence-corrected chi connectivity index (χ0v) is 11.9. The smallest absolute Gasteiger partial charge is 0.299 e. The van der Waals surface area contributed by atoms with E-state index in [1.165, 1.54) is 13.3 Å². The maximum absolute atomic E-state index is 11.6. The Bertz CT molecular complexity index is 478. The molecule has 0 radical (unpaired) electrons. The largest absolute Gasteiger partial charge is 0.383 e. The molecule has 0 bridgehead atoms. The fraction of sp³-hybridized carbons (Fsp3) is 0.444. The summed E-state index contributed by atoms with van der Waals surface area (Å²) >= 11 is 3.24. The first-order valence-corrected chi connectivity index (χ1v) is 7.11. The molecule has 0 aliphatic carbocycles. The quantitative estimate of drug-likeness (QED) is 0.605.